The van der Waals surface area contributed by atoms with Crippen molar-refractivity contribution in [2.45, 2.75) is 52.6 Å². The zero-order chi connectivity index (χ0) is 24.1. The molecule has 33 heavy (non-hydrogen) atoms. The minimum Gasteiger partial charge on any atom is -0.383 e. The molecule has 0 aliphatic heterocycles. The van der Waals surface area contributed by atoms with Crippen molar-refractivity contribution in [3.05, 3.63) is 65.9 Å². The van der Waals surface area contributed by atoms with Crippen molar-refractivity contribution >= 4 is 28.3 Å². The minimum absolute atomic E-state index is 0.124. The number of rotatable bonds is 9. The van der Waals surface area contributed by atoms with E-state index in [1.807, 2.05) is 13.8 Å². The van der Waals surface area contributed by atoms with Gasteiger partial charge < -0.3 is 15.6 Å². The van der Waals surface area contributed by atoms with Crippen LogP contribution in [-0.2, 0) is 17.9 Å². The molecule has 0 saturated heterocycles. The molecule has 0 saturated carbocycles. The highest BCUT2D eigenvalue weighted by Gasteiger charge is 2.25. The first-order chi connectivity index (χ1) is 15.8. The average molecular weight is 457 g/mol. The number of nitrogens with one attached hydrogen (secondary N) is 2. The Hall–Kier alpha value is -3.89. The molecule has 11 nitrogen and oxygen atoms in total. The molecule has 3 rings (SSSR count). The van der Waals surface area contributed by atoms with E-state index < -0.39 is 34.9 Å². The first kappa shape index (κ1) is 23.8. The smallest absolute Gasteiger partial charge is 0.330 e. The molecule has 1 aromatic carbocycles. The molecule has 0 spiro atoms. The second kappa shape index (κ2) is 10.2. The predicted molar refractivity (Wildman–Crippen MR) is 127 cm³/mol. The van der Waals surface area contributed by atoms with Crippen LogP contribution in [0.15, 0.2) is 43.4 Å². The normalized spacial score (nSPS) is 11.1. The van der Waals surface area contributed by atoms with Gasteiger partial charge in [-0.2, -0.15) is 0 Å². The summed E-state index contributed by atoms with van der Waals surface area (Å²) in [7, 11) is 0. The second-order valence-electron chi connectivity index (χ2n) is 7.76. The number of nitrogen functional groups attached to an aromatic ring is 1. The van der Waals surface area contributed by atoms with Crippen molar-refractivity contribution in [1.29, 1.82) is 0 Å². The van der Waals surface area contributed by atoms with Gasteiger partial charge in [0.2, 0.25) is 5.91 Å². The van der Waals surface area contributed by atoms with Gasteiger partial charge in [-0.1, -0.05) is 38.8 Å². The van der Waals surface area contributed by atoms with Crippen LogP contribution in [-0.4, -0.2) is 31.6 Å². The fraction of sp³-hybridized carbons (Fsp3) is 0.409. The summed E-state index contributed by atoms with van der Waals surface area (Å²) in [6, 6.07) is 6.48. The Labute approximate surface area is 188 Å². The highest BCUT2D eigenvalue weighted by Crippen LogP contribution is 2.18. The topological polar surface area (TPSA) is 156 Å². The van der Waals surface area contributed by atoms with Crippen LogP contribution < -0.4 is 33.1 Å². The number of benzene rings is 1. The van der Waals surface area contributed by atoms with Crippen LogP contribution in [0.3, 0.4) is 0 Å². The molecule has 0 aliphatic rings. The van der Waals surface area contributed by atoms with Crippen molar-refractivity contribution in [1.82, 2.24) is 19.1 Å². The molecule has 0 radical (unpaired) electrons. The molecular weight excluding hydrogens is 428 g/mol. The molecule has 176 valence electrons. The van der Waals surface area contributed by atoms with E-state index in [-0.39, 0.29) is 30.0 Å². The van der Waals surface area contributed by atoms with Crippen molar-refractivity contribution in [3.63, 3.8) is 0 Å². The number of aromatic amines is 2. The lowest BCUT2D eigenvalue weighted by Gasteiger charge is -2.24. The molecule has 2 heterocycles. The third-order valence-electron chi connectivity index (χ3n) is 5.44. The van der Waals surface area contributed by atoms with Crippen LogP contribution in [0.5, 0.6) is 0 Å². The number of carbonyl (C=O) groups is 1. The Bertz CT molecular complexity index is 1400. The second-order valence-corrected chi connectivity index (χ2v) is 7.76. The van der Waals surface area contributed by atoms with Gasteiger partial charge >= 0.3 is 11.4 Å². The number of para-hydroxylation sites is 1. The number of nitrogens with zero attached hydrogens (tertiary/aromatic N) is 3. The highest BCUT2D eigenvalue weighted by molar-refractivity contribution is 5.95. The molecule has 0 bridgehead atoms. The fourth-order valence-electron chi connectivity index (χ4n) is 3.62. The van der Waals surface area contributed by atoms with Crippen LogP contribution in [0.1, 0.15) is 39.5 Å². The summed E-state index contributed by atoms with van der Waals surface area (Å²) in [5.41, 5.74) is 3.58. The van der Waals surface area contributed by atoms with Crippen LogP contribution in [0.2, 0.25) is 0 Å². The maximum Gasteiger partial charge on any atom is 0.330 e. The van der Waals surface area contributed by atoms with Crippen molar-refractivity contribution in [3.8, 4) is 0 Å². The van der Waals surface area contributed by atoms with E-state index in [1.54, 1.807) is 24.3 Å². The summed E-state index contributed by atoms with van der Waals surface area (Å²) >= 11 is 0. The average Bonchev–Trinajstić information content (AvgIpc) is 2.78. The quantitative estimate of drug-likeness (QED) is 0.431. The number of unbranched alkanes of at least 4 members (excludes halogenated alkanes) is 2. The van der Waals surface area contributed by atoms with Crippen LogP contribution in [0.4, 0.5) is 11.5 Å². The van der Waals surface area contributed by atoms with Crippen molar-refractivity contribution < 1.29 is 4.79 Å². The lowest BCUT2D eigenvalue weighted by Crippen LogP contribution is -2.46. The van der Waals surface area contributed by atoms with E-state index in [2.05, 4.69) is 9.97 Å². The molecule has 0 atom stereocenters. The lowest BCUT2D eigenvalue weighted by atomic mass is 10.2. The number of hydrogen-bond donors (Lipinski definition) is 3. The summed E-state index contributed by atoms with van der Waals surface area (Å²) in [6.07, 6.45) is 2.71. The number of carbonyl (C=O) groups excluding carboxylic acids is 1. The largest absolute Gasteiger partial charge is 0.383 e. The lowest BCUT2D eigenvalue weighted by molar-refractivity contribution is -0.119. The number of H-pyrrole nitrogens is 2. The Kier molecular flexibility index (Phi) is 7.31. The van der Waals surface area contributed by atoms with Crippen LogP contribution in [0, 0.1) is 0 Å². The van der Waals surface area contributed by atoms with Gasteiger partial charge in [-0.3, -0.25) is 28.5 Å². The Morgan fingerprint density at radius 1 is 0.970 bits per heavy atom. The first-order valence-corrected chi connectivity index (χ1v) is 10.9. The van der Waals surface area contributed by atoms with Crippen molar-refractivity contribution in [2.75, 3.05) is 17.2 Å². The Balaban J connectivity index is 2.08. The van der Waals surface area contributed by atoms with Crippen LogP contribution >= 0.6 is 0 Å². The summed E-state index contributed by atoms with van der Waals surface area (Å²) in [5.74, 6) is -0.786. The standard InChI is InChI=1S/C22H28N6O5/c1-3-5-11-26(17-18(23)27(12-6-4-2)22(33)25-19(17)30)16(29)13-28-20(31)14-9-7-8-10-15(14)24-21(28)32/h7-10H,3-6,11-13,23H2,1-2H3,(H,24,32)(H,25,30,33). The number of aromatic nitrogens is 4. The fourth-order valence-corrected chi connectivity index (χ4v) is 3.62. The molecule has 1 amide bonds. The third-order valence-corrected chi connectivity index (χ3v) is 5.44. The highest BCUT2D eigenvalue weighted by atomic mass is 16.2. The van der Waals surface area contributed by atoms with E-state index in [0.717, 1.165) is 15.9 Å². The van der Waals surface area contributed by atoms with E-state index in [9.17, 15) is 24.0 Å². The summed E-state index contributed by atoms with van der Waals surface area (Å²) in [4.78, 5) is 69.6. The van der Waals surface area contributed by atoms with Crippen LogP contribution in [0.25, 0.3) is 10.9 Å². The Morgan fingerprint density at radius 3 is 2.33 bits per heavy atom. The zero-order valence-electron chi connectivity index (χ0n) is 18.7. The van der Waals surface area contributed by atoms with Gasteiger partial charge in [0.05, 0.1) is 10.9 Å². The maximum absolute atomic E-state index is 13.3. The number of anilines is 2. The number of nitrogens with two attached hydrogens (primary N) is 1. The molecule has 2 aromatic heterocycles. The number of fused-ring (bicyclic) bond motifs is 1. The molecular formula is C22H28N6O5. The van der Waals surface area contributed by atoms with Gasteiger partial charge in [-0.15, -0.1) is 0 Å². The van der Waals surface area contributed by atoms with Gasteiger partial charge in [0, 0.05) is 13.1 Å². The molecule has 0 aliphatic carbocycles. The van der Waals surface area contributed by atoms with E-state index in [4.69, 9.17) is 5.73 Å². The monoisotopic (exact) mass is 456 g/mol. The van der Waals surface area contributed by atoms with Gasteiger partial charge in [-0.05, 0) is 25.0 Å². The molecule has 0 unspecified atom stereocenters. The van der Waals surface area contributed by atoms with E-state index in [1.165, 1.54) is 4.57 Å². The molecule has 11 heteroatoms. The number of hydrogen-bond acceptors (Lipinski definition) is 6. The maximum atomic E-state index is 13.3. The Morgan fingerprint density at radius 2 is 1.64 bits per heavy atom. The van der Waals surface area contributed by atoms with E-state index in [0.29, 0.717) is 24.8 Å². The molecule has 0 fully saturated rings. The summed E-state index contributed by atoms with van der Waals surface area (Å²) in [6.45, 7) is 3.69. The number of amides is 1. The van der Waals surface area contributed by atoms with Gasteiger partial charge in [0.25, 0.3) is 11.1 Å². The van der Waals surface area contributed by atoms with Crippen molar-refractivity contribution in [2.24, 2.45) is 0 Å². The third kappa shape index (κ3) is 4.81. The van der Waals surface area contributed by atoms with Gasteiger partial charge in [0.1, 0.15) is 12.4 Å². The predicted octanol–water partition coefficient (Wildman–Crippen LogP) is 0.755. The van der Waals surface area contributed by atoms with E-state index >= 15 is 0 Å². The van der Waals surface area contributed by atoms with Gasteiger partial charge in [-0.25, -0.2) is 9.59 Å². The van der Waals surface area contributed by atoms with Gasteiger partial charge in [0.15, 0.2) is 5.69 Å². The summed E-state index contributed by atoms with van der Waals surface area (Å²) < 4.78 is 2.02. The SMILES string of the molecule is CCCCN(C(=O)Cn1c(=O)[nH]c2ccccc2c1=O)c1c(N)n(CCCC)c(=O)[nH]c1=O. The minimum atomic E-state index is -0.797. The first-order valence-electron chi connectivity index (χ1n) is 10.9. The summed E-state index contributed by atoms with van der Waals surface area (Å²) in [5, 5.41) is 0.260. The molecule has 4 N–H and O–H groups in total. The zero-order valence-corrected chi connectivity index (χ0v) is 18.7. The molecule has 3 aromatic rings.